The fraction of sp³-hybridized carbons (Fsp3) is 0.444. The molecule has 0 spiro atoms. The summed E-state index contributed by atoms with van der Waals surface area (Å²) < 4.78 is 4.90. The Kier molecular flexibility index (Phi) is 5.55. The lowest BCUT2D eigenvalue weighted by Crippen LogP contribution is -2.17. The van der Waals surface area contributed by atoms with Crippen molar-refractivity contribution in [3.63, 3.8) is 0 Å². The molecule has 2 aromatic rings. The van der Waals surface area contributed by atoms with E-state index in [1.54, 1.807) is 6.20 Å². The molecule has 0 fully saturated rings. The molecule has 5 nitrogen and oxygen atoms in total. The van der Waals surface area contributed by atoms with Crippen LogP contribution in [0.2, 0.25) is 0 Å². The summed E-state index contributed by atoms with van der Waals surface area (Å²) in [6.45, 7) is 5.86. The first-order valence-corrected chi connectivity index (χ1v) is 7.81. The summed E-state index contributed by atoms with van der Waals surface area (Å²) in [5.41, 5.74) is 4.46. The van der Waals surface area contributed by atoms with E-state index < -0.39 is 0 Å². The summed E-state index contributed by atoms with van der Waals surface area (Å²) in [4.78, 5) is 18.7. The monoisotopic (exact) mass is 315 g/mol. The molecule has 0 radical (unpaired) electrons. The van der Waals surface area contributed by atoms with E-state index in [-0.39, 0.29) is 5.97 Å². The molecule has 0 aliphatic rings. The van der Waals surface area contributed by atoms with Gasteiger partial charge < -0.3 is 15.0 Å². The fourth-order valence-corrected chi connectivity index (χ4v) is 2.72. The van der Waals surface area contributed by atoms with Crippen LogP contribution in [0, 0.1) is 13.8 Å². The van der Waals surface area contributed by atoms with Crippen molar-refractivity contribution in [1.29, 1.82) is 0 Å². The molecule has 23 heavy (non-hydrogen) atoms. The number of hydrogen-bond donors (Lipinski definition) is 1. The summed E-state index contributed by atoms with van der Waals surface area (Å²) >= 11 is 0. The fourth-order valence-electron chi connectivity index (χ4n) is 2.72. The van der Waals surface area contributed by atoms with Crippen LogP contribution in [0.5, 0.6) is 0 Å². The number of hydrogen-bond acceptors (Lipinski definition) is 5. The second-order valence-corrected chi connectivity index (χ2v) is 6.10. The van der Waals surface area contributed by atoms with E-state index in [2.05, 4.69) is 41.4 Å². The highest BCUT2D eigenvalue weighted by atomic mass is 16.5. The maximum Gasteiger partial charge on any atom is 0.341 e. The number of aryl methyl sites for hydroxylation is 2. The first-order chi connectivity index (χ1) is 10.9. The predicted octanol–water partition coefficient (Wildman–Crippen LogP) is 3.00. The maximum atomic E-state index is 12.1. The number of esters is 1. The van der Waals surface area contributed by atoms with Crippen LogP contribution in [0.4, 0.5) is 5.69 Å². The Labute approximate surface area is 137 Å². The first-order valence-electron chi connectivity index (χ1n) is 7.81. The van der Waals surface area contributed by atoms with Gasteiger partial charge in [-0.15, -0.1) is 0 Å². The molecule has 5 heteroatoms. The Morgan fingerprint density at radius 1 is 1.30 bits per heavy atom. The number of benzene rings is 1. The van der Waals surface area contributed by atoms with Gasteiger partial charge in [0, 0.05) is 18.1 Å². The van der Waals surface area contributed by atoms with Crippen molar-refractivity contribution in [1.82, 2.24) is 9.88 Å². The second-order valence-electron chi connectivity index (χ2n) is 6.10. The first kappa shape index (κ1) is 17.2. The number of aromatic nitrogens is 1. The van der Waals surface area contributed by atoms with Crippen LogP contribution in [-0.2, 0) is 4.74 Å². The predicted molar refractivity (Wildman–Crippen MR) is 94.2 cm³/mol. The highest BCUT2D eigenvalue weighted by Crippen LogP contribution is 2.29. The average molecular weight is 315 g/mol. The minimum absolute atomic E-state index is 0.367. The lowest BCUT2D eigenvalue weighted by atomic mass is 10.0. The average Bonchev–Trinajstić information content (AvgIpc) is 2.50. The smallest absolute Gasteiger partial charge is 0.341 e. The number of rotatable bonds is 6. The van der Waals surface area contributed by atoms with Crippen LogP contribution >= 0.6 is 0 Å². The summed E-state index contributed by atoms with van der Waals surface area (Å²) in [5.74, 6) is -0.367. The number of fused-ring (bicyclic) bond motifs is 1. The minimum atomic E-state index is -0.367. The van der Waals surface area contributed by atoms with Gasteiger partial charge >= 0.3 is 5.97 Å². The van der Waals surface area contributed by atoms with Crippen LogP contribution < -0.4 is 5.32 Å². The van der Waals surface area contributed by atoms with Crippen molar-refractivity contribution in [3.05, 3.63) is 35.0 Å². The van der Waals surface area contributed by atoms with Crippen molar-refractivity contribution < 1.29 is 9.53 Å². The third kappa shape index (κ3) is 3.99. The van der Waals surface area contributed by atoms with Crippen molar-refractivity contribution >= 4 is 22.6 Å². The molecule has 0 atom stereocenters. The molecule has 1 aromatic carbocycles. The zero-order chi connectivity index (χ0) is 17.0. The maximum absolute atomic E-state index is 12.1. The van der Waals surface area contributed by atoms with Crippen molar-refractivity contribution in [2.75, 3.05) is 39.6 Å². The largest absolute Gasteiger partial charge is 0.465 e. The quantitative estimate of drug-likeness (QED) is 0.656. The van der Waals surface area contributed by atoms with Crippen LogP contribution in [0.25, 0.3) is 10.9 Å². The van der Waals surface area contributed by atoms with Gasteiger partial charge in [0.1, 0.15) is 5.56 Å². The van der Waals surface area contributed by atoms with Gasteiger partial charge in [-0.05, 0) is 52.5 Å². The number of carbonyl (C=O) groups excluding carboxylic acids is 1. The van der Waals surface area contributed by atoms with E-state index in [9.17, 15) is 4.79 Å². The molecule has 1 heterocycles. The van der Waals surface area contributed by atoms with E-state index in [4.69, 9.17) is 4.74 Å². The molecule has 1 aromatic heterocycles. The molecule has 2 rings (SSSR count). The molecule has 0 aliphatic heterocycles. The molecule has 0 amide bonds. The second kappa shape index (κ2) is 7.42. The Morgan fingerprint density at radius 2 is 2.04 bits per heavy atom. The molecule has 0 bridgehead atoms. The lowest BCUT2D eigenvalue weighted by molar-refractivity contribution is 0.0601. The standard InChI is InChI=1S/C18H25N3O2/c1-12-9-13(2)16-14(10-12)17(19-7-6-8-21(3)4)15(11-20-16)18(22)23-5/h9-11H,6-8H2,1-5H3,(H,19,20). The summed E-state index contributed by atoms with van der Waals surface area (Å²) in [6, 6.07) is 4.17. The van der Waals surface area contributed by atoms with Gasteiger partial charge in [0.05, 0.1) is 18.3 Å². The molecular weight excluding hydrogens is 290 g/mol. The van der Waals surface area contributed by atoms with Gasteiger partial charge in [0.2, 0.25) is 0 Å². The van der Waals surface area contributed by atoms with Crippen LogP contribution in [-0.4, -0.2) is 50.1 Å². The number of nitrogens with one attached hydrogen (secondary N) is 1. The lowest BCUT2D eigenvalue weighted by Gasteiger charge is -2.16. The van der Waals surface area contributed by atoms with Gasteiger partial charge in [0.15, 0.2) is 0 Å². The minimum Gasteiger partial charge on any atom is -0.465 e. The number of pyridine rings is 1. The third-order valence-corrected chi connectivity index (χ3v) is 3.80. The van der Waals surface area contributed by atoms with E-state index in [0.29, 0.717) is 5.56 Å². The van der Waals surface area contributed by atoms with Crippen molar-refractivity contribution in [3.8, 4) is 0 Å². The normalized spacial score (nSPS) is 11.0. The zero-order valence-corrected chi connectivity index (χ0v) is 14.6. The molecule has 0 saturated heterocycles. The topological polar surface area (TPSA) is 54.5 Å². The summed E-state index contributed by atoms with van der Waals surface area (Å²) in [6.07, 6.45) is 2.59. The Morgan fingerprint density at radius 3 is 2.70 bits per heavy atom. The Balaban J connectivity index is 2.44. The summed E-state index contributed by atoms with van der Waals surface area (Å²) in [7, 11) is 5.49. The molecule has 0 aliphatic carbocycles. The van der Waals surface area contributed by atoms with Crippen molar-refractivity contribution in [2.24, 2.45) is 0 Å². The van der Waals surface area contributed by atoms with Crippen LogP contribution in [0.3, 0.4) is 0 Å². The molecule has 0 saturated carbocycles. The summed E-state index contributed by atoms with van der Waals surface area (Å²) in [5, 5.41) is 4.38. The number of ether oxygens (including phenoxy) is 1. The molecule has 1 N–H and O–H groups in total. The SMILES string of the molecule is COC(=O)c1cnc2c(C)cc(C)cc2c1NCCCN(C)C. The zero-order valence-electron chi connectivity index (χ0n) is 14.6. The molecule has 0 unspecified atom stereocenters. The Hall–Kier alpha value is -2.14. The van der Waals surface area contributed by atoms with Crippen molar-refractivity contribution in [2.45, 2.75) is 20.3 Å². The Bertz CT molecular complexity index is 711. The number of methoxy groups -OCH3 is 1. The van der Waals surface area contributed by atoms with Gasteiger partial charge in [-0.2, -0.15) is 0 Å². The van der Waals surface area contributed by atoms with E-state index in [1.807, 2.05) is 13.8 Å². The van der Waals surface area contributed by atoms with Crippen LogP contribution in [0.15, 0.2) is 18.3 Å². The number of carbonyl (C=O) groups is 1. The van der Waals surface area contributed by atoms with E-state index in [1.165, 1.54) is 7.11 Å². The number of anilines is 1. The highest BCUT2D eigenvalue weighted by molar-refractivity contribution is 6.05. The third-order valence-electron chi connectivity index (χ3n) is 3.80. The van der Waals surface area contributed by atoms with Gasteiger partial charge in [-0.1, -0.05) is 11.6 Å². The highest BCUT2D eigenvalue weighted by Gasteiger charge is 2.17. The van der Waals surface area contributed by atoms with Gasteiger partial charge in [-0.25, -0.2) is 4.79 Å². The van der Waals surface area contributed by atoms with Crippen LogP contribution in [0.1, 0.15) is 27.9 Å². The number of nitrogens with zero attached hydrogens (tertiary/aromatic N) is 2. The van der Waals surface area contributed by atoms with Gasteiger partial charge in [0.25, 0.3) is 0 Å². The van der Waals surface area contributed by atoms with E-state index >= 15 is 0 Å². The van der Waals surface area contributed by atoms with E-state index in [0.717, 1.165) is 47.2 Å². The molecule has 124 valence electrons. The molecular formula is C18H25N3O2. The van der Waals surface area contributed by atoms with Gasteiger partial charge in [-0.3, -0.25) is 4.98 Å².